The van der Waals surface area contributed by atoms with Crippen LogP contribution in [0.25, 0.3) is 11.4 Å². The van der Waals surface area contributed by atoms with Crippen molar-refractivity contribution in [1.82, 2.24) is 24.0 Å². The maximum Gasteiger partial charge on any atom is 0.238 e. The maximum absolute atomic E-state index is 13.3. The first kappa shape index (κ1) is 22.3. The van der Waals surface area contributed by atoms with Crippen LogP contribution < -0.4 is 10.1 Å². The minimum atomic E-state index is -3.34. The number of piperazine rings is 1. The Morgan fingerprint density at radius 3 is 2.73 bits per heavy atom. The molecule has 3 aliphatic rings. The van der Waals surface area contributed by atoms with Gasteiger partial charge < -0.3 is 10.1 Å². The maximum atomic E-state index is 13.3. The molecule has 1 amide bonds. The molecule has 0 radical (unpaired) electrons. The number of benzene rings is 1. The summed E-state index contributed by atoms with van der Waals surface area (Å²) in [6.07, 6.45) is 6.04. The van der Waals surface area contributed by atoms with Gasteiger partial charge in [0.1, 0.15) is 18.7 Å². The van der Waals surface area contributed by atoms with Crippen LogP contribution in [0.5, 0.6) is 5.75 Å². The number of carbonyl (C=O) groups is 1. The summed E-state index contributed by atoms with van der Waals surface area (Å²) in [4.78, 5) is 19.1. The topological polar surface area (TPSA) is 110 Å². The van der Waals surface area contributed by atoms with Crippen molar-refractivity contribution in [3.05, 3.63) is 24.5 Å². The van der Waals surface area contributed by atoms with Gasteiger partial charge >= 0.3 is 0 Å². The van der Waals surface area contributed by atoms with E-state index in [1.807, 2.05) is 30.1 Å². The van der Waals surface area contributed by atoms with Crippen LogP contribution in [0.3, 0.4) is 0 Å². The van der Waals surface area contributed by atoms with E-state index in [2.05, 4.69) is 15.4 Å². The van der Waals surface area contributed by atoms with Crippen LogP contribution in [-0.2, 0) is 21.9 Å². The van der Waals surface area contributed by atoms with Crippen LogP contribution in [0.1, 0.15) is 32.1 Å². The molecule has 1 aromatic carbocycles. The lowest BCUT2D eigenvalue weighted by Gasteiger charge is -2.41. The van der Waals surface area contributed by atoms with Gasteiger partial charge in [0.15, 0.2) is 5.82 Å². The van der Waals surface area contributed by atoms with E-state index in [9.17, 15) is 13.2 Å². The summed E-state index contributed by atoms with van der Waals surface area (Å²) in [5, 5.41) is 6.78. The van der Waals surface area contributed by atoms with E-state index in [1.54, 1.807) is 8.99 Å². The van der Waals surface area contributed by atoms with Crippen LogP contribution in [0.4, 0.5) is 5.69 Å². The highest BCUT2D eigenvalue weighted by atomic mass is 32.2. The molecule has 33 heavy (non-hydrogen) atoms. The van der Waals surface area contributed by atoms with Gasteiger partial charge in [-0.25, -0.2) is 18.1 Å². The largest absolute Gasteiger partial charge is 0.490 e. The molecule has 2 fully saturated rings. The van der Waals surface area contributed by atoms with Gasteiger partial charge in [-0.3, -0.25) is 9.69 Å². The van der Waals surface area contributed by atoms with Crippen molar-refractivity contribution in [3.63, 3.8) is 0 Å². The Labute approximate surface area is 194 Å². The van der Waals surface area contributed by atoms with Crippen LogP contribution in [0.15, 0.2) is 24.5 Å². The third kappa shape index (κ3) is 4.49. The highest BCUT2D eigenvalue weighted by Gasteiger charge is 2.39. The van der Waals surface area contributed by atoms with Gasteiger partial charge in [-0.05, 0) is 31.0 Å². The molecule has 1 aliphatic carbocycles. The molecule has 178 valence electrons. The quantitative estimate of drug-likeness (QED) is 0.717. The predicted octanol–water partition coefficient (Wildman–Crippen LogP) is 1.46. The number of rotatable bonds is 3. The molecule has 2 aromatic rings. The Morgan fingerprint density at radius 2 is 1.97 bits per heavy atom. The van der Waals surface area contributed by atoms with E-state index in [1.165, 1.54) is 6.33 Å². The van der Waals surface area contributed by atoms with E-state index in [4.69, 9.17) is 4.74 Å². The zero-order valence-corrected chi connectivity index (χ0v) is 19.6. The summed E-state index contributed by atoms with van der Waals surface area (Å²) >= 11 is 0. The van der Waals surface area contributed by atoms with Crippen LogP contribution in [0.2, 0.25) is 0 Å². The molecule has 1 aromatic heterocycles. The fourth-order valence-electron chi connectivity index (χ4n) is 5.05. The molecule has 0 unspecified atom stereocenters. The molecule has 5 rings (SSSR count). The summed E-state index contributed by atoms with van der Waals surface area (Å²) in [5.74, 6) is 1.10. The number of hydrogen-bond acceptors (Lipinski definition) is 7. The molecule has 11 heteroatoms. The molecular formula is C22H30N6O4S. The molecule has 1 saturated carbocycles. The molecule has 2 aliphatic heterocycles. The Morgan fingerprint density at radius 1 is 1.15 bits per heavy atom. The van der Waals surface area contributed by atoms with Gasteiger partial charge in [0.2, 0.25) is 15.9 Å². The molecule has 10 nitrogen and oxygen atoms in total. The van der Waals surface area contributed by atoms with Gasteiger partial charge in [0, 0.05) is 32.2 Å². The lowest BCUT2D eigenvalue weighted by atomic mass is 10.0. The minimum Gasteiger partial charge on any atom is -0.490 e. The molecule has 0 bridgehead atoms. The van der Waals surface area contributed by atoms with Gasteiger partial charge in [-0.1, -0.05) is 19.3 Å². The summed E-state index contributed by atoms with van der Waals surface area (Å²) in [6, 6.07) is 5.34. The average Bonchev–Trinajstić information content (AvgIpc) is 3.26. The number of sulfonamides is 1. The van der Waals surface area contributed by atoms with Crippen molar-refractivity contribution in [2.45, 2.75) is 43.4 Å². The Balaban J connectivity index is 1.35. The summed E-state index contributed by atoms with van der Waals surface area (Å²) < 4.78 is 35.9. The number of amides is 1. The van der Waals surface area contributed by atoms with E-state index in [-0.39, 0.29) is 23.7 Å². The normalized spacial score (nSPS) is 23.4. The van der Waals surface area contributed by atoms with E-state index >= 15 is 0 Å². The Kier molecular flexibility index (Phi) is 6.11. The summed E-state index contributed by atoms with van der Waals surface area (Å²) in [6.45, 7) is 1.76. The standard InChI is InChI=1S/C22H30N6O4S/c1-26-22(23-15-24-26)16-7-8-20-19(11-16)25-21(29)13-27-9-10-28(12-17(27)14-32-20)33(30,31)18-5-3-2-4-6-18/h7-8,11,15,17-18H,2-6,9-10,12-14H2,1H3,(H,25,29)/t17-/m1/s1. The number of hydrogen-bond donors (Lipinski definition) is 1. The van der Waals surface area contributed by atoms with Crippen molar-refractivity contribution >= 4 is 21.6 Å². The molecule has 1 N–H and O–H groups in total. The van der Waals surface area contributed by atoms with Crippen molar-refractivity contribution in [1.29, 1.82) is 0 Å². The molecule has 0 spiro atoms. The zero-order chi connectivity index (χ0) is 23.0. The summed E-state index contributed by atoms with van der Waals surface area (Å²) in [5.41, 5.74) is 1.39. The molecule has 3 heterocycles. The highest BCUT2D eigenvalue weighted by Crippen LogP contribution is 2.32. The number of aromatic nitrogens is 3. The Bertz CT molecular complexity index is 1130. The second-order valence-electron chi connectivity index (χ2n) is 9.06. The monoisotopic (exact) mass is 474 g/mol. The van der Waals surface area contributed by atoms with Crippen LogP contribution in [0, 0.1) is 0 Å². The van der Waals surface area contributed by atoms with E-state index in [0.717, 1.165) is 37.7 Å². The zero-order valence-electron chi connectivity index (χ0n) is 18.8. The van der Waals surface area contributed by atoms with E-state index < -0.39 is 10.0 Å². The number of carbonyl (C=O) groups excluding carboxylic acids is 1. The van der Waals surface area contributed by atoms with Gasteiger partial charge in [-0.2, -0.15) is 9.40 Å². The number of nitrogens with zero attached hydrogens (tertiary/aromatic N) is 5. The lowest BCUT2D eigenvalue weighted by molar-refractivity contribution is -0.118. The van der Waals surface area contributed by atoms with Crippen LogP contribution in [-0.4, -0.2) is 82.4 Å². The third-order valence-electron chi connectivity index (χ3n) is 6.90. The second kappa shape index (κ2) is 9.03. The number of anilines is 1. The first-order chi connectivity index (χ1) is 15.9. The van der Waals surface area contributed by atoms with Crippen molar-refractivity contribution < 1.29 is 17.9 Å². The van der Waals surface area contributed by atoms with Crippen molar-refractivity contribution in [3.8, 4) is 17.1 Å². The third-order valence-corrected chi connectivity index (χ3v) is 9.27. The second-order valence-corrected chi connectivity index (χ2v) is 11.3. The fourth-order valence-corrected chi connectivity index (χ4v) is 7.11. The van der Waals surface area contributed by atoms with Crippen molar-refractivity contribution in [2.75, 3.05) is 38.1 Å². The SMILES string of the molecule is Cn1ncnc1-c1ccc2c(c1)NC(=O)CN1CCN(S(=O)(=O)C3CCCCC3)C[C@@H]1CO2. The number of fused-ring (bicyclic) bond motifs is 2. The first-order valence-corrected chi connectivity index (χ1v) is 13.1. The average molecular weight is 475 g/mol. The number of nitrogens with one attached hydrogen (secondary N) is 1. The predicted molar refractivity (Wildman–Crippen MR) is 123 cm³/mol. The molecule has 1 atom stereocenters. The molecular weight excluding hydrogens is 444 g/mol. The smallest absolute Gasteiger partial charge is 0.238 e. The fraction of sp³-hybridized carbons (Fsp3) is 0.591. The van der Waals surface area contributed by atoms with E-state index in [0.29, 0.717) is 43.5 Å². The number of ether oxygens (including phenoxy) is 1. The van der Waals surface area contributed by atoms with Gasteiger partial charge in [-0.15, -0.1) is 0 Å². The van der Waals surface area contributed by atoms with Gasteiger partial charge in [0.05, 0.1) is 23.5 Å². The lowest BCUT2D eigenvalue weighted by Crippen LogP contribution is -2.59. The van der Waals surface area contributed by atoms with Crippen LogP contribution >= 0.6 is 0 Å². The Hall–Kier alpha value is -2.50. The highest BCUT2D eigenvalue weighted by molar-refractivity contribution is 7.89. The summed E-state index contributed by atoms with van der Waals surface area (Å²) in [7, 11) is -1.53. The number of aryl methyl sites for hydroxylation is 1. The first-order valence-electron chi connectivity index (χ1n) is 11.6. The van der Waals surface area contributed by atoms with Crippen molar-refractivity contribution in [2.24, 2.45) is 7.05 Å². The minimum absolute atomic E-state index is 0.148. The van der Waals surface area contributed by atoms with Gasteiger partial charge in [0.25, 0.3) is 0 Å². The molecule has 1 saturated heterocycles.